The monoisotopic (exact) mass is 907 g/mol. The van der Waals surface area contributed by atoms with E-state index in [-0.39, 0.29) is 36.3 Å². The molecule has 1 fully saturated rings. The largest absolute Gasteiger partial charge is 0.381 e. The fourth-order valence-electron chi connectivity index (χ4n) is 9.49. The first-order valence-corrected chi connectivity index (χ1v) is 23.6. The summed E-state index contributed by atoms with van der Waals surface area (Å²) in [6, 6.07) is 17.3. The smallest absolute Gasteiger partial charge is 0.329 e. The summed E-state index contributed by atoms with van der Waals surface area (Å²) in [5, 5.41) is 5.45. The fourth-order valence-corrected chi connectivity index (χ4v) is 9.49. The van der Waals surface area contributed by atoms with Gasteiger partial charge >= 0.3 is 5.69 Å². The topological polar surface area (TPSA) is 219 Å². The SMILES string of the molecule is C[C@@H](OCc1ccc(CCCOCCCCCOCCCc2cccc3c2n(C)c(=O)n3C2CCC(=O)NC2=O)cc1)[C@H](CCC(N)=O)NC(=O)[C@@H]1Cc2cccc3c2N1C(=O)[C@@H](N)CC3. The van der Waals surface area contributed by atoms with Crippen LogP contribution >= 0.6 is 0 Å². The van der Waals surface area contributed by atoms with Crippen molar-refractivity contribution in [2.75, 3.05) is 31.3 Å². The average Bonchev–Trinajstić information content (AvgIpc) is 3.78. The van der Waals surface area contributed by atoms with Crippen LogP contribution in [0.4, 0.5) is 5.69 Å². The second-order valence-electron chi connectivity index (χ2n) is 17.9. The second kappa shape index (κ2) is 22.7. The Morgan fingerprint density at radius 1 is 0.833 bits per heavy atom. The van der Waals surface area contributed by atoms with E-state index in [9.17, 15) is 28.8 Å². The maximum absolute atomic E-state index is 13.8. The lowest BCUT2D eigenvalue weighted by Crippen LogP contribution is -2.55. The lowest BCUT2D eigenvalue weighted by atomic mass is 10.0. The Kier molecular flexibility index (Phi) is 16.6. The highest BCUT2D eigenvalue weighted by atomic mass is 16.5. The molecule has 0 aliphatic carbocycles. The van der Waals surface area contributed by atoms with Crippen LogP contribution in [0.5, 0.6) is 0 Å². The minimum atomic E-state index is -0.735. The van der Waals surface area contributed by atoms with E-state index in [1.54, 1.807) is 16.5 Å². The number of amides is 5. The van der Waals surface area contributed by atoms with Crippen LogP contribution in [0.15, 0.2) is 65.5 Å². The van der Waals surface area contributed by atoms with E-state index in [0.717, 1.165) is 78.4 Å². The molecule has 4 heterocycles. The number of para-hydroxylation sites is 2. The average molecular weight is 908 g/mol. The molecule has 354 valence electrons. The third-order valence-corrected chi connectivity index (χ3v) is 13.2. The van der Waals surface area contributed by atoms with Crippen LogP contribution in [0.25, 0.3) is 11.0 Å². The number of ether oxygens (including phenoxy) is 3. The first kappa shape index (κ1) is 48.3. The molecule has 5 atom stereocenters. The molecule has 0 radical (unpaired) electrons. The van der Waals surface area contributed by atoms with Crippen LogP contribution in [0.1, 0.15) is 105 Å². The molecule has 0 saturated carbocycles. The van der Waals surface area contributed by atoms with E-state index in [0.29, 0.717) is 70.7 Å². The number of carbonyl (C=O) groups is 5. The van der Waals surface area contributed by atoms with Crippen molar-refractivity contribution in [3.8, 4) is 0 Å². The maximum atomic E-state index is 13.8. The van der Waals surface area contributed by atoms with Crippen LogP contribution in [-0.2, 0) is 77.5 Å². The molecule has 6 N–H and O–H groups in total. The van der Waals surface area contributed by atoms with Gasteiger partial charge in [0.2, 0.25) is 29.5 Å². The van der Waals surface area contributed by atoms with E-state index >= 15 is 0 Å². The molecule has 3 aliphatic rings. The number of imidazole rings is 1. The van der Waals surface area contributed by atoms with Gasteiger partial charge in [-0.15, -0.1) is 0 Å². The normalized spacial score (nSPS) is 19.1. The van der Waals surface area contributed by atoms with Crippen molar-refractivity contribution in [2.24, 2.45) is 18.5 Å². The Morgan fingerprint density at radius 2 is 1.52 bits per heavy atom. The number of benzene rings is 3. The molecule has 3 aromatic carbocycles. The van der Waals surface area contributed by atoms with E-state index in [1.807, 2.05) is 55.5 Å². The molecule has 0 bridgehead atoms. The number of unbranched alkanes of at least 4 members (excludes halogenated alkanes) is 2. The summed E-state index contributed by atoms with van der Waals surface area (Å²) in [5.41, 5.74) is 19.0. The van der Waals surface area contributed by atoms with Crippen molar-refractivity contribution in [3.63, 3.8) is 0 Å². The van der Waals surface area contributed by atoms with Crippen molar-refractivity contribution in [1.29, 1.82) is 0 Å². The van der Waals surface area contributed by atoms with Gasteiger partial charge in [-0.25, -0.2) is 4.79 Å². The van der Waals surface area contributed by atoms with Gasteiger partial charge in [-0.3, -0.25) is 43.3 Å². The van der Waals surface area contributed by atoms with Crippen LogP contribution in [0.3, 0.4) is 0 Å². The van der Waals surface area contributed by atoms with Gasteiger partial charge in [0.1, 0.15) is 12.1 Å². The number of imide groups is 1. The standard InChI is InChI=1S/C50H65N7O9/c1-32(39(22-24-43(52)58)53-48(61)42-30-37-13-6-11-36-20-21-38(51)49(62)57(42)45(36)37)66-31-34-18-16-33(17-19-34)10-8-28-64-26-4-3-5-27-65-29-9-14-35-12-7-15-40-46(35)55(2)50(63)56(40)41-23-25-44(59)54-47(41)60/h6-7,11-13,15-19,32,38-39,41-42H,3-5,8-10,14,20-31,51H2,1-2H3,(H2,52,58)(H,53,61)(H,54,59,60)/t32-,38+,39+,41?,42+/m1/s1. The molecule has 1 unspecified atom stereocenters. The zero-order chi connectivity index (χ0) is 46.7. The van der Waals surface area contributed by atoms with Crippen molar-refractivity contribution >= 4 is 46.3 Å². The van der Waals surface area contributed by atoms with Crippen LogP contribution < -0.4 is 32.7 Å². The number of piperidine rings is 1. The number of nitrogens with two attached hydrogens (primary N) is 2. The molecular weight excluding hydrogens is 843 g/mol. The van der Waals surface area contributed by atoms with E-state index in [2.05, 4.69) is 22.8 Å². The number of nitrogens with one attached hydrogen (secondary N) is 2. The zero-order valence-electron chi connectivity index (χ0n) is 38.3. The van der Waals surface area contributed by atoms with Gasteiger partial charge in [0.05, 0.1) is 41.5 Å². The quantitative estimate of drug-likeness (QED) is 0.0586. The van der Waals surface area contributed by atoms with Crippen molar-refractivity contribution in [3.05, 3.63) is 99.0 Å². The predicted octanol–water partition coefficient (Wildman–Crippen LogP) is 3.97. The predicted molar refractivity (Wildman–Crippen MR) is 249 cm³/mol. The Labute approximate surface area is 385 Å². The summed E-state index contributed by atoms with van der Waals surface area (Å²) in [6.45, 7) is 4.86. The number of anilines is 1. The molecule has 66 heavy (non-hydrogen) atoms. The lowest BCUT2D eigenvalue weighted by molar-refractivity contribution is -0.135. The number of hydrogen-bond donors (Lipinski definition) is 4. The first-order chi connectivity index (χ1) is 31.9. The summed E-state index contributed by atoms with van der Waals surface area (Å²) in [5.74, 6) is -1.77. The minimum Gasteiger partial charge on any atom is -0.381 e. The molecule has 5 amide bonds. The molecule has 1 saturated heterocycles. The Bertz CT molecular complexity index is 2430. The highest BCUT2D eigenvalue weighted by Crippen LogP contribution is 2.39. The van der Waals surface area contributed by atoms with Crippen molar-refractivity contribution in [2.45, 2.75) is 134 Å². The van der Waals surface area contributed by atoms with Gasteiger partial charge in [-0.1, -0.05) is 54.6 Å². The van der Waals surface area contributed by atoms with Gasteiger partial charge < -0.3 is 31.0 Å². The first-order valence-electron chi connectivity index (χ1n) is 23.6. The van der Waals surface area contributed by atoms with E-state index in [4.69, 9.17) is 25.7 Å². The summed E-state index contributed by atoms with van der Waals surface area (Å²) in [4.78, 5) is 78.0. The Morgan fingerprint density at radius 3 is 2.24 bits per heavy atom. The van der Waals surface area contributed by atoms with Crippen LogP contribution in [0, 0.1) is 0 Å². The van der Waals surface area contributed by atoms with E-state index < -0.39 is 42.1 Å². The third-order valence-electron chi connectivity index (χ3n) is 13.2. The third kappa shape index (κ3) is 11.6. The van der Waals surface area contributed by atoms with Gasteiger partial charge in [0.15, 0.2) is 0 Å². The molecular formula is C50H65N7O9. The maximum Gasteiger partial charge on any atom is 0.329 e. The number of rotatable bonds is 24. The summed E-state index contributed by atoms with van der Waals surface area (Å²) in [7, 11) is 1.72. The molecule has 16 nitrogen and oxygen atoms in total. The van der Waals surface area contributed by atoms with Crippen molar-refractivity contribution < 1.29 is 38.2 Å². The molecule has 4 aromatic rings. The van der Waals surface area contributed by atoms with Crippen molar-refractivity contribution in [1.82, 2.24) is 19.8 Å². The molecule has 3 aliphatic heterocycles. The van der Waals surface area contributed by atoms with E-state index in [1.165, 1.54) is 10.1 Å². The number of primary amides is 1. The number of aryl methyl sites for hydroxylation is 4. The minimum absolute atomic E-state index is 0.0806. The molecule has 7 rings (SSSR count). The lowest BCUT2D eigenvalue weighted by Gasteiger charge is -2.30. The number of hydrogen-bond acceptors (Lipinski definition) is 10. The number of aromatic nitrogens is 2. The summed E-state index contributed by atoms with van der Waals surface area (Å²) >= 11 is 0. The molecule has 1 aromatic heterocycles. The highest BCUT2D eigenvalue weighted by Gasteiger charge is 2.43. The fraction of sp³-hybridized carbons (Fsp3) is 0.520. The van der Waals surface area contributed by atoms with Crippen LogP contribution in [-0.4, -0.2) is 89.3 Å². The second-order valence-corrected chi connectivity index (χ2v) is 17.9. The van der Waals surface area contributed by atoms with Gasteiger partial charge in [-0.2, -0.15) is 0 Å². The number of carbonyl (C=O) groups excluding carboxylic acids is 5. The van der Waals surface area contributed by atoms with Gasteiger partial charge in [-0.05, 0) is 111 Å². The number of nitrogens with zero attached hydrogens (tertiary/aromatic N) is 3. The Balaban J connectivity index is 0.755. The Hall–Kier alpha value is -5.68. The molecule has 16 heteroatoms. The van der Waals surface area contributed by atoms with Crippen LogP contribution in [0.2, 0.25) is 0 Å². The van der Waals surface area contributed by atoms with Gasteiger partial charge in [0.25, 0.3) is 0 Å². The summed E-state index contributed by atoms with van der Waals surface area (Å²) in [6.07, 6.45) is 8.31. The van der Waals surface area contributed by atoms with Gasteiger partial charge in [0, 0.05) is 52.7 Å². The zero-order valence-corrected chi connectivity index (χ0v) is 38.3. The highest BCUT2D eigenvalue weighted by molar-refractivity contribution is 6.07. The number of fused-ring (bicyclic) bond motifs is 1. The summed E-state index contributed by atoms with van der Waals surface area (Å²) < 4.78 is 21.2. The molecule has 0 spiro atoms.